The second-order valence-electron chi connectivity index (χ2n) is 14.6. The number of hydrogen-bond donors (Lipinski definition) is 6. The minimum absolute atomic E-state index is 0.0178. The third-order valence-electron chi connectivity index (χ3n) is 9.21. The van der Waals surface area contributed by atoms with Gasteiger partial charge >= 0.3 is 6.09 Å². The minimum atomic E-state index is -1.17. The van der Waals surface area contributed by atoms with Crippen LogP contribution in [0.25, 0.3) is 0 Å². The number of primary amides is 1. The first-order chi connectivity index (χ1) is 25.0. The number of aliphatic hydroxyl groups excluding tert-OH is 1. The fraction of sp³-hybridized carbons (Fsp3) is 0.605. The number of ether oxygens (including phenoxy) is 4. The Labute approximate surface area is 312 Å². The average molecular weight is 749 g/mol. The standard InChI is InChI=1S/C38H60N4O11/c1-24(2)28(17-26-13-14-33(50-8)34(19-26)51-16-10-15-49-7)20-31(41-37(46)53-29-12-9-11-27(18-29)22-52-42(47)48)32(43)21-30(25(3)4)35(44)40-23-38(5,6)36(39)45/h9,11-14,18-19,24-25,28,30-32,43,47-48H,10,15-17,20-23H2,1-8H3,(H2,39,45)(H,40,44)(H,41,46). The number of carbonyl (C=O) groups excluding carboxylic acids is 3. The Bertz CT molecular complexity index is 1440. The van der Waals surface area contributed by atoms with Crippen LogP contribution in [0.15, 0.2) is 42.5 Å². The lowest BCUT2D eigenvalue weighted by molar-refractivity contribution is -0.497. The van der Waals surface area contributed by atoms with E-state index in [0.29, 0.717) is 49.5 Å². The molecule has 15 heteroatoms. The largest absolute Gasteiger partial charge is 0.493 e. The van der Waals surface area contributed by atoms with E-state index in [-0.39, 0.29) is 49.0 Å². The smallest absolute Gasteiger partial charge is 0.412 e. The van der Waals surface area contributed by atoms with Gasteiger partial charge in [-0.25, -0.2) is 9.63 Å². The van der Waals surface area contributed by atoms with E-state index in [1.807, 2.05) is 32.0 Å². The lowest BCUT2D eigenvalue weighted by Gasteiger charge is -2.32. The zero-order valence-electron chi connectivity index (χ0n) is 32.3. The van der Waals surface area contributed by atoms with Crippen LogP contribution in [0.1, 0.15) is 71.9 Å². The molecule has 15 nitrogen and oxygen atoms in total. The average Bonchev–Trinajstić information content (AvgIpc) is 3.09. The number of amides is 3. The van der Waals surface area contributed by atoms with E-state index >= 15 is 0 Å². The molecule has 0 radical (unpaired) electrons. The molecule has 2 aromatic carbocycles. The second-order valence-corrected chi connectivity index (χ2v) is 14.6. The van der Waals surface area contributed by atoms with Gasteiger partial charge in [-0.1, -0.05) is 45.9 Å². The van der Waals surface area contributed by atoms with Gasteiger partial charge in [-0.3, -0.25) is 20.0 Å². The molecule has 298 valence electrons. The first-order valence-electron chi connectivity index (χ1n) is 17.9. The van der Waals surface area contributed by atoms with Gasteiger partial charge in [-0.05, 0) is 86.3 Å². The van der Waals surface area contributed by atoms with Gasteiger partial charge < -0.3 is 40.4 Å². The molecule has 4 atom stereocenters. The van der Waals surface area contributed by atoms with E-state index in [0.717, 1.165) is 5.56 Å². The molecular formula is C38H60N4O11. The van der Waals surface area contributed by atoms with Gasteiger partial charge in [0.25, 0.3) is 0 Å². The lowest BCUT2D eigenvalue weighted by Crippen LogP contribution is -2.49. The van der Waals surface area contributed by atoms with Crippen LogP contribution < -0.4 is 30.6 Å². The highest BCUT2D eigenvalue weighted by molar-refractivity contribution is 5.83. The first-order valence-corrected chi connectivity index (χ1v) is 17.9. The van der Waals surface area contributed by atoms with Crippen molar-refractivity contribution < 1.29 is 53.7 Å². The molecule has 2 aromatic rings. The van der Waals surface area contributed by atoms with E-state index in [2.05, 4.69) is 29.3 Å². The number of carbonyl (C=O) groups is 3. The van der Waals surface area contributed by atoms with Crippen molar-refractivity contribution in [1.82, 2.24) is 16.0 Å². The van der Waals surface area contributed by atoms with Crippen molar-refractivity contribution >= 4 is 17.9 Å². The Morgan fingerprint density at radius 1 is 0.925 bits per heavy atom. The molecule has 4 unspecified atom stereocenters. The highest BCUT2D eigenvalue weighted by atomic mass is 17.1. The number of benzene rings is 2. The Morgan fingerprint density at radius 3 is 2.25 bits per heavy atom. The molecule has 0 saturated heterocycles. The minimum Gasteiger partial charge on any atom is -0.493 e. The summed E-state index contributed by atoms with van der Waals surface area (Å²) in [5.41, 5.74) is 6.00. The lowest BCUT2D eigenvalue weighted by atomic mass is 9.80. The number of aliphatic hydroxyl groups is 1. The van der Waals surface area contributed by atoms with Crippen LogP contribution in [0.3, 0.4) is 0 Å². The van der Waals surface area contributed by atoms with Crippen LogP contribution in [0.2, 0.25) is 0 Å². The van der Waals surface area contributed by atoms with E-state index in [9.17, 15) is 19.5 Å². The van der Waals surface area contributed by atoms with Crippen LogP contribution in [0.5, 0.6) is 17.2 Å². The van der Waals surface area contributed by atoms with Crippen LogP contribution in [0, 0.1) is 29.1 Å². The Hall–Kier alpha value is -3.99. The third-order valence-corrected chi connectivity index (χ3v) is 9.21. The molecule has 0 bridgehead atoms. The maximum atomic E-state index is 13.4. The Balaban J connectivity index is 2.36. The summed E-state index contributed by atoms with van der Waals surface area (Å²) in [6.45, 7) is 12.0. The molecule has 0 fully saturated rings. The summed E-state index contributed by atoms with van der Waals surface area (Å²) in [6.07, 6.45) is -0.348. The number of nitrogens with one attached hydrogen (secondary N) is 2. The van der Waals surface area contributed by atoms with Crippen molar-refractivity contribution in [2.24, 2.45) is 34.8 Å². The van der Waals surface area contributed by atoms with Gasteiger partial charge in [0.2, 0.25) is 11.8 Å². The highest BCUT2D eigenvalue weighted by Crippen LogP contribution is 2.32. The van der Waals surface area contributed by atoms with Crippen molar-refractivity contribution in [1.29, 1.82) is 0 Å². The molecule has 7 N–H and O–H groups in total. The number of methoxy groups -OCH3 is 2. The Morgan fingerprint density at radius 2 is 1.64 bits per heavy atom. The fourth-order valence-electron chi connectivity index (χ4n) is 5.63. The molecule has 53 heavy (non-hydrogen) atoms. The van der Waals surface area contributed by atoms with Gasteiger partial charge in [-0.15, -0.1) is 0 Å². The van der Waals surface area contributed by atoms with E-state index < -0.39 is 40.9 Å². The molecule has 0 heterocycles. The van der Waals surface area contributed by atoms with Crippen molar-refractivity contribution in [2.75, 3.05) is 34.0 Å². The number of nitrogens with two attached hydrogens (primary N) is 1. The molecule has 0 saturated carbocycles. The first kappa shape index (κ1) is 45.2. The normalized spacial score (nSPS) is 14.1. The molecule has 3 amide bonds. The predicted octanol–water partition coefficient (Wildman–Crippen LogP) is 4.64. The van der Waals surface area contributed by atoms with Crippen LogP contribution in [-0.4, -0.2) is 84.9 Å². The van der Waals surface area contributed by atoms with Gasteiger partial charge in [0.05, 0.1) is 43.3 Å². The van der Waals surface area contributed by atoms with Gasteiger partial charge in [-0.2, -0.15) is 0 Å². The number of nitrogens with zero attached hydrogens (tertiary/aromatic N) is 1. The quantitative estimate of drug-likeness (QED) is 0.0641. The molecule has 0 aliphatic rings. The van der Waals surface area contributed by atoms with Gasteiger partial charge in [0, 0.05) is 32.6 Å². The molecule has 0 spiro atoms. The summed E-state index contributed by atoms with van der Waals surface area (Å²) in [6, 6.07) is 11.2. The van der Waals surface area contributed by atoms with Gasteiger partial charge in [0.15, 0.2) is 11.5 Å². The molecule has 0 aliphatic carbocycles. The van der Waals surface area contributed by atoms with Crippen molar-refractivity contribution in [3.05, 3.63) is 53.6 Å². The van der Waals surface area contributed by atoms with E-state index in [1.54, 1.807) is 46.3 Å². The second kappa shape index (κ2) is 22.3. The highest BCUT2D eigenvalue weighted by Gasteiger charge is 2.34. The number of hydrogen-bond acceptors (Lipinski definition) is 12. The Kier molecular flexibility index (Phi) is 19.0. The summed E-state index contributed by atoms with van der Waals surface area (Å²) < 4.78 is 22.2. The predicted molar refractivity (Wildman–Crippen MR) is 196 cm³/mol. The number of rotatable bonds is 24. The maximum absolute atomic E-state index is 13.4. The SMILES string of the molecule is COCCCOc1cc(CC(CC(NC(=O)Oc2cccc(CON(O)O)c2)C(O)CC(C(=O)NCC(C)(C)C(N)=O)C(C)C)C(C)C)ccc1OC. The molecule has 0 aliphatic heterocycles. The van der Waals surface area contributed by atoms with E-state index in [1.165, 1.54) is 6.07 Å². The summed E-state index contributed by atoms with van der Waals surface area (Å²) in [7, 11) is 3.21. The van der Waals surface area contributed by atoms with E-state index in [4.69, 9.17) is 35.1 Å². The third kappa shape index (κ3) is 15.9. The van der Waals surface area contributed by atoms with Crippen LogP contribution >= 0.6 is 0 Å². The maximum Gasteiger partial charge on any atom is 0.412 e. The van der Waals surface area contributed by atoms with Crippen molar-refractivity contribution in [3.63, 3.8) is 0 Å². The summed E-state index contributed by atoms with van der Waals surface area (Å²) >= 11 is 0. The summed E-state index contributed by atoms with van der Waals surface area (Å²) in [5.74, 6) is -0.297. The summed E-state index contributed by atoms with van der Waals surface area (Å²) in [5, 5.41) is 34.8. The summed E-state index contributed by atoms with van der Waals surface area (Å²) in [4.78, 5) is 43.3. The van der Waals surface area contributed by atoms with Crippen molar-refractivity contribution in [2.45, 2.75) is 86.0 Å². The zero-order chi connectivity index (χ0) is 39.7. The zero-order valence-corrected chi connectivity index (χ0v) is 32.3. The van der Waals surface area contributed by atoms with Crippen LogP contribution in [0.4, 0.5) is 4.79 Å². The van der Waals surface area contributed by atoms with Crippen molar-refractivity contribution in [3.8, 4) is 17.2 Å². The van der Waals surface area contributed by atoms with Gasteiger partial charge in [0.1, 0.15) is 5.75 Å². The fourth-order valence-corrected chi connectivity index (χ4v) is 5.63. The molecule has 2 rings (SSSR count). The topological polar surface area (TPSA) is 211 Å². The molecular weight excluding hydrogens is 688 g/mol. The molecule has 0 aromatic heterocycles. The monoisotopic (exact) mass is 748 g/mol. The van der Waals surface area contributed by atoms with Crippen LogP contribution in [-0.2, 0) is 32.2 Å².